The van der Waals surface area contributed by atoms with E-state index in [1.54, 1.807) is 24.6 Å². The molecule has 3 aliphatic rings. The molecule has 3 saturated heterocycles. The molecule has 2 amide bonds. The minimum Gasteiger partial charge on any atom is -0.341 e. The number of rotatable bonds is 1. The summed E-state index contributed by atoms with van der Waals surface area (Å²) in [6.07, 6.45) is 1.90. The van der Waals surface area contributed by atoms with Crippen LogP contribution < -0.4 is 5.56 Å². The summed E-state index contributed by atoms with van der Waals surface area (Å²) in [4.78, 5) is 41.5. The van der Waals surface area contributed by atoms with Crippen LogP contribution in [0.1, 0.15) is 30.1 Å². The van der Waals surface area contributed by atoms with E-state index in [2.05, 4.69) is 0 Å². The lowest BCUT2D eigenvalue weighted by Gasteiger charge is -2.36. The smallest absolute Gasteiger partial charge is 0.263 e. The minimum atomic E-state index is -0.266. The van der Waals surface area contributed by atoms with Crippen molar-refractivity contribution in [3.05, 3.63) is 46.2 Å². The molecule has 0 radical (unpaired) electrons. The molecule has 3 aliphatic heterocycles. The summed E-state index contributed by atoms with van der Waals surface area (Å²) in [7, 11) is 1.70. The van der Waals surface area contributed by atoms with Crippen molar-refractivity contribution in [3.63, 3.8) is 0 Å². The molecule has 26 heavy (non-hydrogen) atoms. The van der Waals surface area contributed by atoms with Gasteiger partial charge in [0, 0.05) is 39.6 Å². The number of aromatic nitrogens is 1. The van der Waals surface area contributed by atoms with Crippen molar-refractivity contribution in [1.29, 1.82) is 0 Å². The summed E-state index contributed by atoms with van der Waals surface area (Å²) in [6.45, 7) is 3.45. The van der Waals surface area contributed by atoms with Gasteiger partial charge in [-0.15, -0.1) is 0 Å². The monoisotopic (exact) mass is 353 g/mol. The summed E-state index contributed by atoms with van der Waals surface area (Å²) >= 11 is 0. The SMILES string of the molecule is CC(=O)N1C[C@@H]2CC[C@H](C1)N(C(=O)c1cc3ccccc3n(C)c1=O)C2. The van der Waals surface area contributed by atoms with Crippen LogP contribution in [0.3, 0.4) is 0 Å². The average molecular weight is 353 g/mol. The van der Waals surface area contributed by atoms with Crippen LogP contribution in [0.15, 0.2) is 35.1 Å². The van der Waals surface area contributed by atoms with E-state index in [0.29, 0.717) is 19.6 Å². The quantitative estimate of drug-likeness (QED) is 0.783. The fourth-order valence-corrected chi connectivity index (χ4v) is 4.32. The van der Waals surface area contributed by atoms with Gasteiger partial charge in [0.25, 0.3) is 11.5 Å². The van der Waals surface area contributed by atoms with Gasteiger partial charge < -0.3 is 14.4 Å². The van der Waals surface area contributed by atoms with Gasteiger partial charge in [-0.2, -0.15) is 0 Å². The number of para-hydroxylation sites is 1. The number of piperidine rings is 1. The number of pyridine rings is 1. The molecule has 6 heteroatoms. The van der Waals surface area contributed by atoms with Gasteiger partial charge in [0.1, 0.15) is 5.56 Å². The molecule has 2 bridgehead atoms. The van der Waals surface area contributed by atoms with Gasteiger partial charge in [-0.25, -0.2) is 0 Å². The van der Waals surface area contributed by atoms with E-state index < -0.39 is 0 Å². The van der Waals surface area contributed by atoms with Gasteiger partial charge in [0.2, 0.25) is 5.91 Å². The number of hydrogen-bond acceptors (Lipinski definition) is 3. The van der Waals surface area contributed by atoms with E-state index >= 15 is 0 Å². The number of benzene rings is 1. The molecular formula is C20H23N3O3. The van der Waals surface area contributed by atoms with Crippen molar-refractivity contribution in [2.75, 3.05) is 19.6 Å². The highest BCUT2D eigenvalue weighted by Gasteiger charge is 2.38. The molecule has 0 aliphatic carbocycles. The zero-order valence-electron chi connectivity index (χ0n) is 15.1. The number of hydrogen-bond donors (Lipinski definition) is 0. The Morgan fingerprint density at radius 1 is 1.08 bits per heavy atom. The second kappa shape index (κ2) is 6.27. The molecule has 136 valence electrons. The third-order valence-corrected chi connectivity index (χ3v) is 5.78. The van der Waals surface area contributed by atoms with Crippen molar-refractivity contribution >= 4 is 22.7 Å². The number of carbonyl (C=O) groups excluding carboxylic acids is 2. The van der Waals surface area contributed by atoms with Crippen molar-refractivity contribution in [3.8, 4) is 0 Å². The fraction of sp³-hybridized carbons (Fsp3) is 0.450. The zero-order chi connectivity index (χ0) is 18.4. The maximum Gasteiger partial charge on any atom is 0.263 e. The maximum atomic E-state index is 13.2. The van der Waals surface area contributed by atoms with Crippen LogP contribution in [-0.4, -0.2) is 51.9 Å². The molecule has 2 aromatic rings. The number of amides is 2. The molecule has 4 heterocycles. The lowest BCUT2D eigenvalue weighted by atomic mass is 9.94. The van der Waals surface area contributed by atoms with Gasteiger partial charge in [0.05, 0.1) is 5.52 Å². The number of carbonyl (C=O) groups is 2. The lowest BCUT2D eigenvalue weighted by Crippen LogP contribution is -2.49. The van der Waals surface area contributed by atoms with E-state index in [1.165, 1.54) is 0 Å². The van der Waals surface area contributed by atoms with Crippen LogP contribution >= 0.6 is 0 Å². The molecule has 0 N–H and O–H groups in total. The topological polar surface area (TPSA) is 62.6 Å². The Bertz CT molecular complexity index is 949. The molecule has 2 atom stereocenters. The molecule has 0 saturated carbocycles. The zero-order valence-corrected chi connectivity index (χ0v) is 15.1. The summed E-state index contributed by atoms with van der Waals surface area (Å²) in [5, 5.41) is 0.878. The lowest BCUT2D eigenvalue weighted by molar-refractivity contribution is -0.129. The van der Waals surface area contributed by atoms with E-state index in [1.807, 2.05) is 34.1 Å². The average Bonchev–Trinajstić information content (AvgIpc) is 2.96. The van der Waals surface area contributed by atoms with E-state index in [9.17, 15) is 14.4 Å². The van der Waals surface area contributed by atoms with Crippen molar-refractivity contribution in [2.45, 2.75) is 25.8 Å². The summed E-state index contributed by atoms with van der Waals surface area (Å²) in [6, 6.07) is 9.27. The van der Waals surface area contributed by atoms with Gasteiger partial charge in [-0.05, 0) is 36.3 Å². The Labute approximate surface area is 152 Å². The number of aryl methyl sites for hydroxylation is 1. The van der Waals surface area contributed by atoms with Gasteiger partial charge in [-0.3, -0.25) is 14.4 Å². The molecule has 0 unspecified atom stereocenters. The fourth-order valence-electron chi connectivity index (χ4n) is 4.32. The molecule has 0 spiro atoms. The van der Waals surface area contributed by atoms with Crippen molar-refractivity contribution in [2.24, 2.45) is 13.0 Å². The Balaban J connectivity index is 1.72. The minimum absolute atomic E-state index is 0.0127. The van der Waals surface area contributed by atoms with Crippen LogP contribution in [0.2, 0.25) is 0 Å². The van der Waals surface area contributed by atoms with Gasteiger partial charge in [0.15, 0.2) is 0 Å². The van der Waals surface area contributed by atoms with Gasteiger partial charge >= 0.3 is 0 Å². The number of nitrogens with zero attached hydrogens (tertiary/aromatic N) is 3. The molecule has 6 nitrogen and oxygen atoms in total. The Morgan fingerprint density at radius 3 is 2.62 bits per heavy atom. The third kappa shape index (κ3) is 2.69. The first kappa shape index (κ1) is 16.8. The number of fused-ring (bicyclic) bond motifs is 5. The molecule has 1 aromatic carbocycles. The van der Waals surface area contributed by atoms with E-state index in [4.69, 9.17) is 0 Å². The van der Waals surface area contributed by atoms with E-state index in [0.717, 1.165) is 23.7 Å². The predicted molar refractivity (Wildman–Crippen MR) is 99.0 cm³/mol. The van der Waals surface area contributed by atoms with Crippen LogP contribution in [0, 0.1) is 5.92 Å². The highest BCUT2D eigenvalue weighted by atomic mass is 16.2. The maximum absolute atomic E-state index is 13.2. The van der Waals surface area contributed by atoms with Crippen LogP contribution in [0.25, 0.3) is 10.9 Å². The summed E-state index contributed by atoms with van der Waals surface area (Å²) in [5.41, 5.74) is 0.763. The van der Waals surface area contributed by atoms with Crippen molar-refractivity contribution in [1.82, 2.24) is 14.4 Å². The first-order valence-corrected chi connectivity index (χ1v) is 9.11. The molecule has 3 fully saturated rings. The second-order valence-corrected chi connectivity index (χ2v) is 7.46. The first-order chi connectivity index (χ1) is 12.5. The van der Waals surface area contributed by atoms with Crippen LogP contribution in [-0.2, 0) is 11.8 Å². The highest BCUT2D eigenvalue weighted by Crippen LogP contribution is 2.29. The van der Waals surface area contributed by atoms with Crippen LogP contribution in [0.5, 0.6) is 0 Å². The van der Waals surface area contributed by atoms with E-state index in [-0.39, 0.29) is 34.9 Å². The second-order valence-electron chi connectivity index (χ2n) is 7.46. The van der Waals surface area contributed by atoms with Crippen LogP contribution in [0.4, 0.5) is 0 Å². The largest absolute Gasteiger partial charge is 0.341 e. The molecular weight excluding hydrogens is 330 g/mol. The summed E-state index contributed by atoms with van der Waals surface area (Å²) < 4.78 is 1.54. The molecule has 5 rings (SSSR count). The normalized spacial score (nSPS) is 22.5. The Morgan fingerprint density at radius 2 is 1.85 bits per heavy atom. The standard InChI is InChI=1S/C20H23N3O3/c1-13(24)22-10-14-7-8-16(12-22)23(11-14)20(26)17-9-15-5-3-4-6-18(15)21(2)19(17)25/h3-6,9,14,16H,7-8,10-12H2,1-2H3/t14-,16+/m0/s1. The molecule has 1 aromatic heterocycles. The predicted octanol–water partition coefficient (Wildman–Crippen LogP) is 1.62. The highest BCUT2D eigenvalue weighted by molar-refractivity contribution is 5.97. The first-order valence-electron chi connectivity index (χ1n) is 9.11. The third-order valence-electron chi connectivity index (χ3n) is 5.78. The van der Waals surface area contributed by atoms with Gasteiger partial charge in [-0.1, -0.05) is 18.2 Å². The Hall–Kier alpha value is -2.63. The summed E-state index contributed by atoms with van der Waals surface area (Å²) in [5.74, 6) is 0.125. The van der Waals surface area contributed by atoms with Crippen molar-refractivity contribution < 1.29 is 9.59 Å². The Kier molecular flexibility index (Phi) is 4.05.